The van der Waals surface area contributed by atoms with Crippen molar-refractivity contribution in [2.75, 3.05) is 55.7 Å². The van der Waals surface area contributed by atoms with Gasteiger partial charge in [0.15, 0.2) is 0 Å². The number of anilines is 2. The highest BCUT2D eigenvalue weighted by Gasteiger charge is 2.36. The third-order valence-electron chi connectivity index (χ3n) is 11.3. The number of hydrogen-bond acceptors (Lipinski definition) is 8. The number of aromatic nitrogens is 1. The van der Waals surface area contributed by atoms with Gasteiger partial charge >= 0.3 is 0 Å². The zero-order valence-electron chi connectivity index (χ0n) is 28.7. The molecule has 2 unspecified atom stereocenters. The summed E-state index contributed by atoms with van der Waals surface area (Å²) in [6, 6.07) is 18.1. The summed E-state index contributed by atoms with van der Waals surface area (Å²) in [6.07, 6.45) is 9.97. The standard InChI is InChI=1S/C40H47N7O2/c1-3-37(48)47-22-21-46(25-32(47)15-18-41)39-33-17-20-45(36-14-8-11-30-10-7-9-28(2)38(30)36)26-35(33)43-40(34(39)23-42)49-27-29-16-19-44(24-29)31-12-5-4-6-13-31/h3,7-11,14,29,31-32H,1,4-6,12-13,15-17,19-22,24-27H2,2H3. The molecule has 7 rings (SSSR count). The van der Waals surface area contributed by atoms with Crippen molar-refractivity contribution < 1.29 is 9.53 Å². The van der Waals surface area contributed by atoms with Crippen LogP contribution in [0.1, 0.15) is 67.3 Å². The zero-order chi connectivity index (χ0) is 33.9. The van der Waals surface area contributed by atoms with Crippen molar-refractivity contribution in [3.05, 3.63) is 71.4 Å². The summed E-state index contributed by atoms with van der Waals surface area (Å²) >= 11 is 0. The summed E-state index contributed by atoms with van der Waals surface area (Å²) in [6.45, 7) is 11.4. The fraction of sp³-hybridized carbons (Fsp3) is 0.500. The van der Waals surface area contributed by atoms with Crippen LogP contribution < -0.4 is 14.5 Å². The largest absolute Gasteiger partial charge is 0.476 e. The lowest BCUT2D eigenvalue weighted by atomic mass is 9.94. The number of ether oxygens (including phenoxy) is 1. The minimum Gasteiger partial charge on any atom is -0.476 e. The number of fused-ring (bicyclic) bond motifs is 2. The van der Waals surface area contributed by atoms with E-state index in [2.05, 4.69) is 76.7 Å². The topological polar surface area (TPSA) is 99.7 Å². The number of rotatable bonds is 8. The number of carbonyl (C=O) groups is 1. The second kappa shape index (κ2) is 14.5. The van der Waals surface area contributed by atoms with Gasteiger partial charge in [0, 0.05) is 61.3 Å². The molecule has 3 aromatic rings. The van der Waals surface area contributed by atoms with E-state index in [-0.39, 0.29) is 18.4 Å². The van der Waals surface area contributed by atoms with E-state index >= 15 is 0 Å². The van der Waals surface area contributed by atoms with E-state index in [1.54, 1.807) is 4.90 Å². The zero-order valence-corrected chi connectivity index (χ0v) is 28.7. The predicted molar refractivity (Wildman–Crippen MR) is 193 cm³/mol. The highest BCUT2D eigenvalue weighted by atomic mass is 16.5. The summed E-state index contributed by atoms with van der Waals surface area (Å²) in [5.41, 5.74) is 5.76. The molecule has 9 heteroatoms. The number of pyridine rings is 1. The Morgan fingerprint density at radius 2 is 1.84 bits per heavy atom. The lowest BCUT2D eigenvalue weighted by Gasteiger charge is -2.43. The molecule has 0 spiro atoms. The van der Waals surface area contributed by atoms with Gasteiger partial charge in [0.2, 0.25) is 11.8 Å². The molecular formula is C40H47N7O2. The number of piperazine rings is 1. The average molecular weight is 658 g/mol. The van der Waals surface area contributed by atoms with Gasteiger partial charge in [-0.3, -0.25) is 9.69 Å². The monoisotopic (exact) mass is 657 g/mol. The Morgan fingerprint density at radius 3 is 2.61 bits per heavy atom. The number of nitrogens with zero attached hydrogens (tertiary/aromatic N) is 7. The quantitative estimate of drug-likeness (QED) is 0.267. The van der Waals surface area contributed by atoms with E-state index in [0.29, 0.717) is 56.2 Å². The molecular weight excluding hydrogens is 610 g/mol. The summed E-state index contributed by atoms with van der Waals surface area (Å²) in [5.74, 6) is 0.643. The molecule has 1 aliphatic carbocycles. The van der Waals surface area contributed by atoms with Gasteiger partial charge in [0.05, 0.1) is 43.1 Å². The van der Waals surface area contributed by atoms with E-state index in [0.717, 1.165) is 49.4 Å². The van der Waals surface area contributed by atoms with E-state index < -0.39 is 0 Å². The summed E-state index contributed by atoms with van der Waals surface area (Å²) in [4.78, 5) is 26.9. The lowest BCUT2D eigenvalue weighted by Crippen LogP contribution is -2.55. The van der Waals surface area contributed by atoms with Crippen LogP contribution in [-0.2, 0) is 17.8 Å². The lowest BCUT2D eigenvalue weighted by molar-refractivity contribution is -0.128. The Bertz CT molecular complexity index is 1800. The Morgan fingerprint density at radius 1 is 1.02 bits per heavy atom. The fourth-order valence-electron chi connectivity index (χ4n) is 8.78. The normalized spacial score (nSPS) is 21.7. The van der Waals surface area contributed by atoms with Crippen molar-refractivity contribution in [3.63, 3.8) is 0 Å². The van der Waals surface area contributed by atoms with Crippen LogP contribution in [0.3, 0.4) is 0 Å². The highest BCUT2D eigenvalue weighted by molar-refractivity contribution is 5.97. The maximum absolute atomic E-state index is 12.7. The van der Waals surface area contributed by atoms with Gasteiger partial charge in [-0.25, -0.2) is 4.98 Å². The number of aryl methyl sites for hydroxylation is 1. The molecule has 3 fully saturated rings. The maximum atomic E-state index is 12.7. The van der Waals surface area contributed by atoms with E-state index in [9.17, 15) is 15.3 Å². The SMILES string of the molecule is C=CC(=O)N1CCN(c2c(C#N)c(OCC3CCN(C4CCCCC4)C3)nc3c2CCN(c2cccc4cccc(C)c24)C3)CC1CC#N. The van der Waals surface area contributed by atoms with E-state index in [1.165, 1.54) is 60.2 Å². The highest BCUT2D eigenvalue weighted by Crippen LogP contribution is 2.40. The van der Waals surface area contributed by atoms with Crippen LogP contribution in [0.4, 0.5) is 11.4 Å². The van der Waals surface area contributed by atoms with Crippen molar-refractivity contribution >= 4 is 28.1 Å². The molecule has 0 N–H and O–H groups in total. The Balaban J connectivity index is 1.22. The number of benzene rings is 2. The molecule has 9 nitrogen and oxygen atoms in total. The van der Waals surface area contributed by atoms with Crippen LogP contribution in [0.2, 0.25) is 0 Å². The number of likely N-dealkylation sites (tertiary alicyclic amines) is 1. The van der Waals surface area contributed by atoms with Gasteiger partial charge in [-0.15, -0.1) is 0 Å². The van der Waals surface area contributed by atoms with E-state index in [4.69, 9.17) is 9.72 Å². The third kappa shape index (κ3) is 6.57. The maximum Gasteiger partial charge on any atom is 0.246 e. The van der Waals surface area contributed by atoms with Gasteiger partial charge in [-0.1, -0.05) is 56.2 Å². The molecule has 49 heavy (non-hydrogen) atoms. The molecule has 1 saturated carbocycles. The molecule has 3 aliphatic heterocycles. The van der Waals surface area contributed by atoms with Crippen molar-refractivity contribution in [3.8, 4) is 18.0 Å². The van der Waals surface area contributed by atoms with Crippen molar-refractivity contribution in [2.45, 2.75) is 76.9 Å². The predicted octanol–water partition coefficient (Wildman–Crippen LogP) is 6.13. The molecule has 4 aliphatic rings. The van der Waals surface area contributed by atoms with Crippen molar-refractivity contribution in [1.82, 2.24) is 14.8 Å². The second-order valence-electron chi connectivity index (χ2n) is 14.2. The molecule has 2 saturated heterocycles. The first-order chi connectivity index (χ1) is 24.0. The van der Waals surface area contributed by atoms with Crippen molar-refractivity contribution in [2.24, 2.45) is 5.92 Å². The fourth-order valence-corrected chi connectivity index (χ4v) is 8.78. The van der Waals surface area contributed by atoms with Crippen LogP contribution in [-0.4, -0.2) is 78.7 Å². The Kier molecular flexibility index (Phi) is 9.73. The number of hydrogen-bond donors (Lipinski definition) is 0. The molecule has 4 heterocycles. The third-order valence-corrected chi connectivity index (χ3v) is 11.3. The summed E-state index contributed by atoms with van der Waals surface area (Å²) < 4.78 is 6.59. The average Bonchev–Trinajstić information content (AvgIpc) is 3.62. The van der Waals surface area contributed by atoms with Crippen LogP contribution in [0.5, 0.6) is 5.88 Å². The van der Waals surface area contributed by atoms with E-state index in [1.807, 2.05) is 0 Å². The molecule has 254 valence electrons. The first kappa shape index (κ1) is 32.9. The Labute approximate surface area is 290 Å². The number of amides is 1. The minimum atomic E-state index is -0.299. The van der Waals surface area contributed by atoms with Gasteiger partial charge in [0.25, 0.3) is 0 Å². The smallest absolute Gasteiger partial charge is 0.246 e. The molecule has 0 radical (unpaired) electrons. The molecule has 2 aromatic carbocycles. The molecule has 1 amide bonds. The van der Waals surface area contributed by atoms with Crippen LogP contribution >= 0.6 is 0 Å². The van der Waals surface area contributed by atoms with Crippen LogP contribution in [0.25, 0.3) is 10.8 Å². The Hall–Kier alpha value is -4.60. The van der Waals surface area contributed by atoms with Gasteiger partial charge < -0.3 is 19.4 Å². The summed E-state index contributed by atoms with van der Waals surface area (Å²) in [7, 11) is 0. The van der Waals surface area contributed by atoms with Gasteiger partial charge in [0.1, 0.15) is 11.6 Å². The first-order valence-electron chi connectivity index (χ1n) is 18.1. The minimum absolute atomic E-state index is 0.166. The molecule has 0 bridgehead atoms. The summed E-state index contributed by atoms with van der Waals surface area (Å²) in [5, 5.41) is 22.9. The second-order valence-corrected chi connectivity index (χ2v) is 14.2. The number of carbonyl (C=O) groups excluding carboxylic acids is 1. The van der Waals surface area contributed by atoms with Crippen LogP contribution in [0, 0.1) is 35.5 Å². The number of nitriles is 2. The van der Waals surface area contributed by atoms with Gasteiger partial charge in [-0.2, -0.15) is 10.5 Å². The molecule has 2 atom stereocenters. The van der Waals surface area contributed by atoms with Gasteiger partial charge in [-0.05, 0) is 62.2 Å². The molecule has 1 aromatic heterocycles. The van der Waals surface area contributed by atoms with Crippen LogP contribution in [0.15, 0.2) is 49.1 Å². The first-order valence-corrected chi connectivity index (χ1v) is 18.1. The van der Waals surface area contributed by atoms with Crippen molar-refractivity contribution in [1.29, 1.82) is 10.5 Å².